The van der Waals surface area contributed by atoms with Gasteiger partial charge < -0.3 is 19.7 Å². The molecule has 4 rings (SSSR count). The Labute approximate surface area is 163 Å². The fourth-order valence-electron chi connectivity index (χ4n) is 3.46. The van der Waals surface area contributed by atoms with Crippen LogP contribution in [-0.2, 0) is 15.0 Å². The summed E-state index contributed by atoms with van der Waals surface area (Å²) in [6, 6.07) is 0. The van der Waals surface area contributed by atoms with E-state index in [4.69, 9.17) is 9.47 Å². The van der Waals surface area contributed by atoms with Gasteiger partial charge in [-0.2, -0.15) is 0 Å². The Kier molecular flexibility index (Phi) is 5.45. The predicted molar refractivity (Wildman–Crippen MR) is 101 cm³/mol. The number of amides is 1. The molecule has 9 nitrogen and oxygen atoms in total. The van der Waals surface area contributed by atoms with E-state index in [2.05, 4.69) is 25.3 Å². The minimum Gasteiger partial charge on any atom is -0.384 e. The maximum absolute atomic E-state index is 12.8. The second kappa shape index (κ2) is 8.15. The van der Waals surface area contributed by atoms with Crippen LogP contribution in [0, 0.1) is 5.92 Å². The number of hydrogen-bond donors (Lipinski definition) is 1. The number of carbonyl (C=O) groups is 1. The lowest BCUT2D eigenvalue weighted by Gasteiger charge is -2.23. The zero-order chi connectivity index (χ0) is 19.4. The van der Waals surface area contributed by atoms with E-state index in [1.165, 1.54) is 6.33 Å². The summed E-state index contributed by atoms with van der Waals surface area (Å²) in [7, 11) is 1.66. The van der Waals surface area contributed by atoms with Crippen molar-refractivity contribution in [2.24, 2.45) is 5.92 Å². The van der Waals surface area contributed by atoms with Gasteiger partial charge in [0.2, 0.25) is 5.95 Å². The standard InChI is InChI=1S/C19H24N6O3/c1-27-11-14-10-25(4-5-28-12-14)17(26)15-6-22-18(23-7-15)24-19(2-3-19)16-8-20-13-21-9-16/h6-9,13-14H,2-5,10-12H2,1H3,(H,22,23,24). The van der Waals surface area contributed by atoms with Crippen molar-refractivity contribution in [2.75, 3.05) is 45.3 Å². The van der Waals surface area contributed by atoms with Crippen LogP contribution in [0.4, 0.5) is 5.95 Å². The highest BCUT2D eigenvalue weighted by atomic mass is 16.5. The molecule has 9 heteroatoms. The highest BCUT2D eigenvalue weighted by Crippen LogP contribution is 2.47. The lowest BCUT2D eigenvalue weighted by atomic mass is 10.1. The summed E-state index contributed by atoms with van der Waals surface area (Å²) < 4.78 is 10.8. The molecule has 0 spiro atoms. The van der Waals surface area contributed by atoms with E-state index in [0.29, 0.717) is 44.4 Å². The van der Waals surface area contributed by atoms with Crippen LogP contribution in [-0.4, -0.2) is 70.8 Å². The predicted octanol–water partition coefficient (Wildman–Crippen LogP) is 1.10. The molecule has 2 aliphatic rings. The monoisotopic (exact) mass is 384 g/mol. The summed E-state index contributed by atoms with van der Waals surface area (Å²) in [6.07, 6.45) is 10.2. The van der Waals surface area contributed by atoms with Crippen LogP contribution in [0.15, 0.2) is 31.1 Å². The van der Waals surface area contributed by atoms with Crippen molar-refractivity contribution < 1.29 is 14.3 Å². The van der Waals surface area contributed by atoms with Crippen molar-refractivity contribution >= 4 is 11.9 Å². The van der Waals surface area contributed by atoms with E-state index >= 15 is 0 Å². The van der Waals surface area contributed by atoms with Gasteiger partial charge in [0.1, 0.15) is 6.33 Å². The van der Waals surface area contributed by atoms with Crippen molar-refractivity contribution in [1.29, 1.82) is 0 Å². The van der Waals surface area contributed by atoms with Crippen LogP contribution in [0.1, 0.15) is 28.8 Å². The van der Waals surface area contributed by atoms with E-state index in [9.17, 15) is 4.79 Å². The van der Waals surface area contributed by atoms with Gasteiger partial charge in [0.15, 0.2) is 0 Å². The molecule has 1 aliphatic carbocycles. The first-order valence-corrected chi connectivity index (χ1v) is 9.42. The summed E-state index contributed by atoms with van der Waals surface area (Å²) in [5, 5.41) is 3.36. The van der Waals surface area contributed by atoms with Gasteiger partial charge in [-0.3, -0.25) is 4.79 Å². The van der Waals surface area contributed by atoms with Gasteiger partial charge in [-0.05, 0) is 12.8 Å². The number of nitrogens with one attached hydrogen (secondary N) is 1. The topological polar surface area (TPSA) is 102 Å². The second-order valence-electron chi connectivity index (χ2n) is 7.28. The van der Waals surface area contributed by atoms with Gasteiger partial charge in [0.25, 0.3) is 5.91 Å². The van der Waals surface area contributed by atoms with Crippen LogP contribution in [0.3, 0.4) is 0 Å². The van der Waals surface area contributed by atoms with E-state index in [-0.39, 0.29) is 17.4 Å². The molecule has 3 heterocycles. The van der Waals surface area contributed by atoms with E-state index < -0.39 is 0 Å². The summed E-state index contributed by atoms with van der Waals surface area (Å²) in [4.78, 5) is 31.5. The lowest BCUT2D eigenvalue weighted by Crippen LogP contribution is -2.37. The molecule has 2 aromatic rings. The third-order valence-electron chi connectivity index (χ3n) is 5.14. The highest BCUT2D eigenvalue weighted by Gasteiger charge is 2.45. The first kappa shape index (κ1) is 18.7. The van der Waals surface area contributed by atoms with Gasteiger partial charge in [-0.15, -0.1) is 0 Å². The highest BCUT2D eigenvalue weighted by molar-refractivity contribution is 5.93. The second-order valence-corrected chi connectivity index (χ2v) is 7.28. The third kappa shape index (κ3) is 4.10. The fraction of sp³-hybridized carbons (Fsp3) is 0.526. The van der Waals surface area contributed by atoms with Gasteiger partial charge >= 0.3 is 0 Å². The van der Waals surface area contributed by atoms with E-state index in [1.807, 2.05) is 12.4 Å². The molecule has 0 aromatic carbocycles. The quantitative estimate of drug-likeness (QED) is 0.790. The van der Waals surface area contributed by atoms with Crippen molar-refractivity contribution in [2.45, 2.75) is 18.4 Å². The number of nitrogens with zero attached hydrogens (tertiary/aromatic N) is 5. The first-order chi connectivity index (χ1) is 13.7. The number of rotatable bonds is 6. The molecule has 0 radical (unpaired) electrons. The SMILES string of the molecule is COCC1COCCN(C(=O)c2cnc(NC3(c4cncnc4)CC3)nc2)C1. The number of anilines is 1. The molecule has 1 saturated carbocycles. The molecule has 0 bridgehead atoms. The van der Waals surface area contributed by atoms with Crippen molar-refractivity contribution in [3.63, 3.8) is 0 Å². The summed E-state index contributed by atoms with van der Waals surface area (Å²) in [5.74, 6) is 0.575. The molecule has 1 N–H and O–H groups in total. The lowest BCUT2D eigenvalue weighted by molar-refractivity contribution is 0.0690. The zero-order valence-corrected chi connectivity index (χ0v) is 15.9. The average molecular weight is 384 g/mol. The molecular formula is C19H24N6O3. The maximum Gasteiger partial charge on any atom is 0.257 e. The van der Waals surface area contributed by atoms with Crippen LogP contribution >= 0.6 is 0 Å². The molecule has 1 atom stereocenters. The van der Waals surface area contributed by atoms with Gasteiger partial charge in [-0.25, -0.2) is 19.9 Å². The normalized spacial score (nSPS) is 21.0. The third-order valence-corrected chi connectivity index (χ3v) is 5.14. The smallest absolute Gasteiger partial charge is 0.257 e. The maximum atomic E-state index is 12.8. The minimum atomic E-state index is -0.206. The summed E-state index contributed by atoms with van der Waals surface area (Å²) in [5.41, 5.74) is 1.28. The van der Waals surface area contributed by atoms with Crippen molar-refractivity contribution in [1.82, 2.24) is 24.8 Å². The number of aromatic nitrogens is 4. The number of ether oxygens (including phenoxy) is 2. The van der Waals surface area contributed by atoms with Gasteiger partial charge in [0, 0.05) is 56.5 Å². The molecule has 2 fully saturated rings. The van der Waals surface area contributed by atoms with Crippen molar-refractivity contribution in [3.05, 3.63) is 42.2 Å². The number of methoxy groups -OCH3 is 1. The Morgan fingerprint density at radius 1 is 1.29 bits per heavy atom. The average Bonchev–Trinajstić information content (AvgIpc) is 3.54. The molecule has 1 aliphatic heterocycles. The molecule has 148 valence electrons. The zero-order valence-electron chi connectivity index (χ0n) is 15.9. The Balaban J connectivity index is 1.42. The van der Waals surface area contributed by atoms with Gasteiger partial charge in [-0.1, -0.05) is 0 Å². The number of carbonyl (C=O) groups excluding carboxylic acids is 1. The van der Waals surface area contributed by atoms with Crippen molar-refractivity contribution in [3.8, 4) is 0 Å². The molecule has 1 amide bonds. The van der Waals surface area contributed by atoms with Crippen LogP contribution in [0.25, 0.3) is 0 Å². The summed E-state index contributed by atoms with van der Waals surface area (Å²) >= 11 is 0. The van der Waals surface area contributed by atoms with E-state index in [0.717, 1.165) is 18.4 Å². The fourth-order valence-corrected chi connectivity index (χ4v) is 3.46. The molecular weight excluding hydrogens is 360 g/mol. The minimum absolute atomic E-state index is 0.0873. The first-order valence-electron chi connectivity index (χ1n) is 9.42. The van der Waals surface area contributed by atoms with Gasteiger partial charge in [0.05, 0.1) is 30.9 Å². The van der Waals surface area contributed by atoms with Crippen LogP contribution in [0.2, 0.25) is 0 Å². The molecule has 2 aromatic heterocycles. The largest absolute Gasteiger partial charge is 0.384 e. The Hall–Kier alpha value is -2.65. The Morgan fingerprint density at radius 2 is 2.04 bits per heavy atom. The molecule has 1 unspecified atom stereocenters. The van der Waals surface area contributed by atoms with E-state index in [1.54, 1.807) is 24.4 Å². The molecule has 1 saturated heterocycles. The Morgan fingerprint density at radius 3 is 2.71 bits per heavy atom. The molecule has 28 heavy (non-hydrogen) atoms. The summed E-state index contributed by atoms with van der Waals surface area (Å²) in [6.45, 7) is 2.84. The van der Waals surface area contributed by atoms with Crippen LogP contribution < -0.4 is 5.32 Å². The number of hydrogen-bond acceptors (Lipinski definition) is 8. The van der Waals surface area contributed by atoms with Crippen LogP contribution in [0.5, 0.6) is 0 Å². The Bertz CT molecular complexity index is 797.